The van der Waals surface area contributed by atoms with E-state index in [2.05, 4.69) is 23.9 Å². The first-order chi connectivity index (χ1) is 9.92. The Balaban J connectivity index is 2.16. The quantitative estimate of drug-likeness (QED) is 0.856. The van der Waals surface area contributed by atoms with Crippen LogP contribution in [0.15, 0.2) is 18.2 Å². The second-order valence-corrected chi connectivity index (χ2v) is 6.18. The zero-order valence-electron chi connectivity index (χ0n) is 12.8. The molecule has 1 N–H and O–H groups in total. The van der Waals surface area contributed by atoms with Crippen molar-refractivity contribution >= 4 is 5.69 Å². The molecule has 118 valence electrons. The second kappa shape index (κ2) is 6.50. The Kier molecular flexibility index (Phi) is 4.91. The fourth-order valence-electron chi connectivity index (χ4n) is 2.92. The van der Waals surface area contributed by atoms with E-state index in [1.54, 1.807) is 12.1 Å². The molecule has 0 bridgehead atoms. The molecule has 21 heavy (non-hydrogen) atoms. The van der Waals surface area contributed by atoms with E-state index in [1.807, 2.05) is 6.07 Å². The van der Waals surface area contributed by atoms with E-state index in [0.29, 0.717) is 11.8 Å². The van der Waals surface area contributed by atoms with Gasteiger partial charge in [-0.2, -0.15) is 8.78 Å². The SMILES string of the molecule is COc1ccc(NC2CCCCC2(C)C)cc1OC(F)F. The van der Waals surface area contributed by atoms with Crippen molar-refractivity contribution in [2.45, 2.75) is 52.2 Å². The summed E-state index contributed by atoms with van der Waals surface area (Å²) in [6, 6.07) is 5.40. The summed E-state index contributed by atoms with van der Waals surface area (Å²) in [7, 11) is 1.44. The molecule has 1 aliphatic rings. The molecule has 0 aromatic heterocycles. The smallest absolute Gasteiger partial charge is 0.387 e. The lowest BCUT2D eigenvalue weighted by Crippen LogP contribution is -2.38. The maximum atomic E-state index is 12.5. The van der Waals surface area contributed by atoms with Crippen LogP contribution in [0.5, 0.6) is 11.5 Å². The highest BCUT2D eigenvalue weighted by atomic mass is 19.3. The molecule has 1 aromatic carbocycles. The van der Waals surface area contributed by atoms with E-state index in [0.717, 1.165) is 12.1 Å². The zero-order valence-corrected chi connectivity index (χ0v) is 12.8. The summed E-state index contributed by atoms with van der Waals surface area (Å²) < 4.78 is 34.5. The summed E-state index contributed by atoms with van der Waals surface area (Å²) in [6.07, 6.45) is 4.69. The normalized spacial score (nSPS) is 21.1. The summed E-state index contributed by atoms with van der Waals surface area (Å²) in [5, 5.41) is 3.46. The van der Waals surface area contributed by atoms with Crippen LogP contribution in [0.25, 0.3) is 0 Å². The number of ether oxygens (including phenoxy) is 2. The van der Waals surface area contributed by atoms with E-state index < -0.39 is 6.61 Å². The van der Waals surface area contributed by atoms with Crippen LogP contribution < -0.4 is 14.8 Å². The Hall–Kier alpha value is -1.52. The van der Waals surface area contributed by atoms with Gasteiger partial charge < -0.3 is 14.8 Å². The summed E-state index contributed by atoms with van der Waals surface area (Å²) in [4.78, 5) is 0. The number of hydrogen-bond acceptors (Lipinski definition) is 3. The second-order valence-electron chi connectivity index (χ2n) is 6.18. The maximum absolute atomic E-state index is 12.5. The fourth-order valence-corrected chi connectivity index (χ4v) is 2.92. The van der Waals surface area contributed by atoms with Gasteiger partial charge in [-0.05, 0) is 30.4 Å². The minimum absolute atomic E-state index is 0.0612. The Morgan fingerprint density at radius 2 is 2.00 bits per heavy atom. The van der Waals surface area contributed by atoms with Crippen molar-refractivity contribution in [3.8, 4) is 11.5 Å². The van der Waals surface area contributed by atoms with Crippen LogP contribution in [0, 0.1) is 5.41 Å². The van der Waals surface area contributed by atoms with Gasteiger partial charge in [0.15, 0.2) is 11.5 Å². The largest absolute Gasteiger partial charge is 0.493 e. The van der Waals surface area contributed by atoms with Gasteiger partial charge in [0.2, 0.25) is 0 Å². The van der Waals surface area contributed by atoms with Crippen LogP contribution in [-0.4, -0.2) is 19.8 Å². The van der Waals surface area contributed by atoms with Crippen LogP contribution in [0.1, 0.15) is 39.5 Å². The molecule has 5 heteroatoms. The van der Waals surface area contributed by atoms with Gasteiger partial charge in [0.25, 0.3) is 0 Å². The summed E-state index contributed by atoms with van der Waals surface area (Å²) in [5.74, 6) is 0.370. The topological polar surface area (TPSA) is 30.5 Å². The first kappa shape index (κ1) is 15.9. The van der Waals surface area contributed by atoms with E-state index in [1.165, 1.54) is 26.4 Å². The van der Waals surface area contributed by atoms with Gasteiger partial charge in [0.05, 0.1) is 7.11 Å². The molecule has 0 saturated heterocycles. The lowest BCUT2D eigenvalue weighted by Gasteiger charge is -2.39. The Bertz CT molecular complexity index is 477. The number of halogens is 2. The molecule has 0 amide bonds. The fraction of sp³-hybridized carbons (Fsp3) is 0.625. The molecule has 2 rings (SSSR count). The van der Waals surface area contributed by atoms with Gasteiger partial charge in [-0.25, -0.2) is 0 Å². The van der Waals surface area contributed by atoms with Crippen LogP contribution in [0.3, 0.4) is 0 Å². The van der Waals surface area contributed by atoms with Crippen LogP contribution in [0.2, 0.25) is 0 Å². The van der Waals surface area contributed by atoms with E-state index in [-0.39, 0.29) is 11.2 Å². The maximum Gasteiger partial charge on any atom is 0.387 e. The summed E-state index contributed by atoms with van der Waals surface area (Å²) >= 11 is 0. The number of nitrogens with one attached hydrogen (secondary N) is 1. The molecule has 1 aromatic rings. The highest BCUT2D eigenvalue weighted by Gasteiger charge is 2.32. The van der Waals surface area contributed by atoms with Crippen LogP contribution in [0.4, 0.5) is 14.5 Å². The molecule has 0 radical (unpaired) electrons. The van der Waals surface area contributed by atoms with Crippen molar-refractivity contribution in [1.82, 2.24) is 0 Å². The number of benzene rings is 1. The minimum atomic E-state index is -2.86. The third kappa shape index (κ3) is 3.99. The predicted molar refractivity (Wildman–Crippen MR) is 79.3 cm³/mol. The average molecular weight is 299 g/mol. The van der Waals surface area contributed by atoms with Gasteiger partial charge in [-0.15, -0.1) is 0 Å². The van der Waals surface area contributed by atoms with E-state index in [4.69, 9.17) is 4.74 Å². The molecule has 1 saturated carbocycles. The lowest BCUT2D eigenvalue weighted by atomic mass is 9.73. The molecule has 0 spiro atoms. The summed E-state index contributed by atoms with van der Waals surface area (Å²) in [6.45, 7) is 1.62. The lowest BCUT2D eigenvalue weighted by molar-refractivity contribution is -0.0511. The van der Waals surface area contributed by atoms with Crippen molar-refractivity contribution in [3.63, 3.8) is 0 Å². The van der Waals surface area contributed by atoms with Gasteiger partial charge in [-0.1, -0.05) is 26.7 Å². The monoisotopic (exact) mass is 299 g/mol. The third-order valence-electron chi connectivity index (χ3n) is 4.23. The van der Waals surface area contributed by atoms with Crippen molar-refractivity contribution in [2.75, 3.05) is 12.4 Å². The first-order valence-electron chi connectivity index (χ1n) is 7.32. The van der Waals surface area contributed by atoms with Gasteiger partial charge in [0, 0.05) is 17.8 Å². The molecule has 1 aliphatic carbocycles. The van der Waals surface area contributed by atoms with Crippen molar-refractivity contribution in [2.24, 2.45) is 5.41 Å². The minimum Gasteiger partial charge on any atom is -0.493 e. The standard InChI is InChI=1S/C16H23F2NO2/c1-16(2)9-5-4-6-14(16)19-11-7-8-12(20-3)13(10-11)21-15(17)18/h7-8,10,14-15,19H,4-6,9H2,1-3H3. The van der Waals surface area contributed by atoms with E-state index in [9.17, 15) is 8.78 Å². The Morgan fingerprint density at radius 1 is 1.24 bits per heavy atom. The highest BCUT2D eigenvalue weighted by Crippen LogP contribution is 2.38. The van der Waals surface area contributed by atoms with E-state index >= 15 is 0 Å². The molecule has 1 unspecified atom stereocenters. The Morgan fingerprint density at radius 3 is 2.62 bits per heavy atom. The molecular formula is C16H23F2NO2. The average Bonchev–Trinajstić information content (AvgIpc) is 2.41. The third-order valence-corrected chi connectivity index (χ3v) is 4.23. The number of rotatable bonds is 5. The number of methoxy groups -OCH3 is 1. The molecule has 3 nitrogen and oxygen atoms in total. The van der Waals surface area contributed by atoms with Crippen LogP contribution >= 0.6 is 0 Å². The molecule has 1 fully saturated rings. The van der Waals surface area contributed by atoms with Gasteiger partial charge in [-0.3, -0.25) is 0 Å². The van der Waals surface area contributed by atoms with Crippen LogP contribution in [-0.2, 0) is 0 Å². The highest BCUT2D eigenvalue weighted by molar-refractivity contribution is 5.55. The predicted octanol–water partition coefficient (Wildman–Crippen LogP) is 4.68. The molecule has 0 heterocycles. The number of hydrogen-bond donors (Lipinski definition) is 1. The Labute approximate surface area is 124 Å². The number of alkyl halides is 2. The number of anilines is 1. The van der Waals surface area contributed by atoms with Gasteiger partial charge in [0.1, 0.15) is 0 Å². The van der Waals surface area contributed by atoms with Crippen molar-refractivity contribution < 1.29 is 18.3 Å². The molecular weight excluding hydrogens is 276 g/mol. The first-order valence-corrected chi connectivity index (χ1v) is 7.32. The molecule has 0 aliphatic heterocycles. The zero-order chi connectivity index (χ0) is 15.5. The summed E-state index contributed by atoms with van der Waals surface area (Å²) in [5.41, 5.74) is 0.980. The van der Waals surface area contributed by atoms with Gasteiger partial charge >= 0.3 is 6.61 Å². The van der Waals surface area contributed by atoms with Crippen molar-refractivity contribution in [3.05, 3.63) is 18.2 Å². The molecule has 1 atom stereocenters. The van der Waals surface area contributed by atoms with Crippen molar-refractivity contribution in [1.29, 1.82) is 0 Å².